The zero-order valence-electron chi connectivity index (χ0n) is 11.1. The number of carbonyl (C=O) groups excluding carboxylic acids is 1. The lowest BCUT2D eigenvalue weighted by atomic mass is 10.0. The molecule has 0 amide bonds. The topological polar surface area (TPSA) is 92.9 Å². The summed E-state index contributed by atoms with van der Waals surface area (Å²) in [6.07, 6.45) is 2.24. The summed E-state index contributed by atoms with van der Waals surface area (Å²) in [5.41, 5.74) is 5.31. The number of rotatable bonds is 2. The van der Waals surface area contributed by atoms with Gasteiger partial charge in [-0.2, -0.15) is 4.31 Å². The highest BCUT2D eigenvalue weighted by atomic mass is 32.2. The summed E-state index contributed by atoms with van der Waals surface area (Å²) in [6, 6.07) is -1.32. The van der Waals surface area contributed by atoms with Gasteiger partial charge in [0.15, 0.2) is 0 Å². The highest BCUT2D eigenvalue weighted by Crippen LogP contribution is 2.20. The first-order valence-electron chi connectivity index (χ1n) is 6.08. The predicted molar refractivity (Wildman–Crippen MR) is 68.9 cm³/mol. The third kappa shape index (κ3) is 4.31. The summed E-state index contributed by atoms with van der Waals surface area (Å²) >= 11 is -2.21. The minimum absolute atomic E-state index is 0.376. The minimum atomic E-state index is -2.21. The molecule has 0 aliphatic carbocycles. The van der Waals surface area contributed by atoms with E-state index in [1.54, 1.807) is 20.8 Å². The van der Waals surface area contributed by atoms with Crippen LogP contribution < -0.4 is 5.73 Å². The highest BCUT2D eigenvalue weighted by molar-refractivity contribution is 7.76. The van der Waals surface area contributed by atoms with E-state index < -0.39 is 34.9 Å². The molecule has 3 N–H and O–H groups in total. The van der Waals surface area contributed by atoms with Gasteiger partial charge in [0.2, 0.25) is 11.3 Å². The van der Waals surface area contributed by atoms with E-state index in [9.17, 15) is 13.6 Å². The maximum atomic E-state index is 12.1. The largest absolute Gasteiger partial charge is 0.459 e. The Morgan fingerprint density at radius 3 is 2.56 bits per heavy atom. The van der Waals surface area contributed by atoms with Crippen molar-refractivity contribution >= 4 is 17.2 Å². The van der Waals surface area contributed by atoms with Gasteiger partial charge in [-0.3, -0.25) is 9.35 Å². The lowest BCUT2D eigenvalue weighted by molar-refractivity contribution is -0.160. The molecule has 3 atom stereocenters. The molecule has 0 aromatic rings. The first-order chi connectivity index (χ1) is 8.22. The Balaban J connectivity index is 2.89. The summed E-state index contributed by atoms with van der Waals surface area (Å²) in [6.45, 7) is 5.65. The van der Waals surface area contributed by atoms with Gasteiger partial charge >= 0.3 is 5.97 Å². The molecule has 1 aliphatic heterocycles. The second kappa shape index (κ2) is 6.10. The number of nitrogens with two attached hydrogens (primary N) is 1. The monoisotopic (exact) mass is 278 g/mol. The number of ether oxygens (including phenoxy) is 1. The predicted octanol–water partition coefficient (Wildman–Crippen LogP) is 0.647. The van der Waals surface area contributed by atoms with Crippen LogP contribution >= 0.6 is 0 Å². The van der Waals surface area contributed by atoms with E-state index in [1.165, 1.54) is 4.31 Å². The number of hydrogen-bond acceptors (Lipinski definition) is 4. The van der Waals surface area contributed by atoms with Gasteiger partial charge in [-0.05, 0) is 33.6 Å². The summed E-state index contributed by atoms with van der Waals surface area (Å²) in [5, 5.41) is 0. The lowest BCUT2D eigenvalue weighted by Crippen LogP contribution is -2.53. The molecule has 1 rings (SSSR count). The third-order valence-electron chi connectivity index (χ3n) is 2.73. The quantitative estimate of drug-likeness (QED) is 0.571. The van der Waals surface area contributed by atoms with Crippen molar-refractivity contribution in [3.8, 4) is 0 Å². The molecule has 0 radical (unpaired) electrons. The Morgan fingerprint density at radius 2 is 2.06 bits per heavy atom. The van der Waals surface area contributed by atoms with Crippen LogP contribution in [0.3, 0.4) is 0 Å². The van der Waals surface area contributed by atoms with E-state index in [1.807, 2.05) is 0 Å². The Hall–Kier alpha value is -0.500. The lowest BCUT2D eigenvalue weighted by Gasteiger charge is -2.31. The molecule has 0 aromatic carbocycles. The van der Waals surface area contributed by atoms with Crippen molar-refractivity contribution in [3.63, 3.8) is 0 Å². The molecule has 1 heterocycles. The summed E-state index contributed by atoms with van der Waals surface area (Å²) in [4.78, 5) is 12.1. The van der Waals surface area contributed by atoms with E-state index in [0.717, 1.165) is 12.8 Å². The van der Waals surface area contributed by atoms with Crippen molar-refractivity contribution in [2.75, 3.05) is 6.54 Å². The third-order valence-corrected chi connectivity index (χ3v) is 3.54. The molecule has 3 unspecified atom stereocenters. The fourth-order valence-corrected chi connectivity index (χ4v) is 2.71. The average molecular weight is 278 g/mol. The second-order valence-corrected chi connectivity index (χ2v) is 6.44. The Bertz CT molecular complexity index is 329. The molecule has 1 saturated heterocycles. The maximum absolute atomic E-state index is 12.1. The van der Waals surface area contributed by atoms with Crippen LogP contribution in [-0.4, -0.2) is 43.3 Å². The van der Waals surface area contributed by atoms with Crippen molar-refractivity contribution in [1.82, 2.24) is 4.31 Å². The van der Waals surface area contributed by atoms with E-state index in [0.29, 0.717) is 13.0 Å². The summed E-state index contributed by atoms with van der Waals surface area (Å²) in [7, 11) is 0. The van der Waals surface area contributed by atoms with Gasteiger partial charge in [-0.1, -0.05) is 6.42 Å². The first kappa shape index (κ1) is 15.6. The molecule has 6 nitrogen and oxygen atoms in total. The average Bonchev–Trinajstić information content (AvgIpc) is 2.36. The number of esters is 1. The number of nitrogens with zero attached hydrogens (tertiary/aromatic N) is 1. The van der Waals surface area contributed by atoms with Crippen molar-refractivity contribution in [1.29, 1.82) is 0 Å². The van der Waals surface area contributed by atoms with Gasteiger partial charge in [0.25, 0.3) is 0 Å². The second-order valence-electron chi connectivity index (χ2n) is 5.51. The number of carbonyl (C=O) groups is 1. The maximum Gasteiger partial charge on any atom is 0.326 e. The van der Waals surface area contributed by atoms with Gasteiger partial charge in [0.1, 0.15) is 11.6 Å². The zero-order chi connectivity index (χ0) is 13.9. The molecule has 0 bridgehead atoms. The van der Waals surface area contributed by atoms with Crippen LogP contribution in [0.5, 0.6) is 0 Å². The van der Waals surface area contributed by atoms with Gasteiger partial charge in [-0.25, -0.2) is 4.21 Å². The van der Waals surface area contributed by atoms with Gasteiger partial charge in [0, 0.05) is 12.6 Å². The van der Waals surface area contributed by atoms with Crippen LogP contribution in [-0.2, 0) is 20.8 Å². The van der Waals surface area contributed by atoms with E-state index >= 15 is 0 Å². The van der Waals surface area contributed by atoms with Crippen LogP contribution in [0, 0.1) is 0 Å². The Kier molecular flexibility index (Phi) is 5.27. The van der Waals surface area contributed by atoms with E-state index in [2.05, 4.69) is 0 Å². The van der Waals surface area contributed by atoms with Crippen LogP contribution in [0.2, 0.25) is 0 Å². The normalized spacial score (nSPS) is 28.5. The smallest absolute Gasteiger partial charge is 0.326 e. The van der Waals surface area contributed by atoms with Crippen molar-refractivity contribution in [2.24, 2.45) is 5.73 Å². The number of hydrogen-bond donors (Lipinski definition) is 2. The van der Waals surface area contributed by atoms with Gasteiger partial charge < -0.3 is 10.5 Å². The molecule has 1 fully saturated rings. The molecule has 18 heavy (non-hydrogen) atoms. The van der Waals surface area contributed by atoms with Crippen LogP contribution in [0.25, 0.3) is 0 Å². The van der Waals surface area contributed by atoms with Crippen molar-refractivity contribution in [3.05, 3.63) is 0 Å². The molecule has 0 spiro atoms. The molecule has 0 aromatic heterocycles. The highest BCUT2D eigenvalue weighted by Gasteiger charge is 2.38. The summed E-state index contributed by atoms with van der Waals surface area (Å²) < 4.78 is 27.1. The molecule has 0 saturated carbocycles. The standard InChI is InChI=1S/C11H22N2O4S/c1-11(2,3)17-10(14)9-8(12)6-4-5-7-13(9)18(15)16/h8-9H,4-7,12H2,1-3H3,(H,15,16). The molecular weight excluding hydrogens is 256 g/mol. The Labute approximate surface area is 110 Å². The fraction of sp³-hybridized carbons (Fsp3) is 0.909. The zero-order valence-corrected chi connectivity index (χ0v) is 11.9. The van der Waals surface area contributed by atoms with Gasteiger partial charge in [-0.15, -0.1) is 0 Å². The van der Waals surface area contributed by atoms with Gasteiger partial charge in [0.05, 0.1) is 0 Å². The fourth-order valence-electron chi connectivity index (χ4n) is 1.99. The minimum Gasteiger partial charge on any atom is -0.459 e. The molecule has 7 heteroatoms. The van der Waals surface area contributed by atoms with Crippen LogP contribution in [0.4, 0.5) is 0 Å². The Morgan fingerprint density at radius 1 is 1.44 bits per heavy atom. The van der Waals surface area contributed by atoms with Crippen LogP contribution in [0.1, 0.15) is 40.0 Å². The van der Waals surface area contributed by atoms with E-state index in [4.69, 9.17) is 10.5 Å². The molecule has 1 aliphatic rings. The van der Waals surface area contributed by atoms with Crippen LogP contribution in [0.15, 0.2) is 0 Å². The summed E-state index contributed by atoms with van der Waals surface area (Å²) in [5.74, 6) is -0.528. The van der Waals surface area contributed by atoms with E-state index in [-0.39, 0.29) is 0 Å². The SMILES string of the molecule is CC(C)(C)OC(=O)C1C(N)CCCCN1S(=O)O. The first-order valence-corrected chi connectivity index (χ1v) is 7.15. The molecular formula is C11H22N2O4S. The van der Waals surface area contributed by atoms with Crippen molar-refractivity contribution < 1.29 is 18.3 Å². The van der Waals surface area contributed by atoms with Crippen molar-refractivity contribution in [2.45, 2.75) is 57.7 Å². The molecule has 106 valence electrons.